The molecule has 0 aliphatic heterocycles. The predicted molar refractivity (Wildman–Crippen MR) is 96.6 cm³/mol. The third kappa shape index (κ3) is 5.03. The molecule has 0 radical (unpaired) electrons. The van der Waals surface area contributed by atoms with Gasteiger partial charge in [-0.25, -0.2) is 0 Å². The van der Waals surface area contributed by atoms with Crippen molar-refractivity contribution in [1.29, 1.82) is 0 Å². The van der Waals surface area contributed by atoms with Gasteiger partial charge in [-0.1, -0.05) is 0 Å². The van der Waals surface area contributed by atoms with E-state index in [1.54, 1.807) is 0 Å². The molecular formula is C15H35FGe2Si. The second kappa shape index (κ2) is 6.00. The Morgan fingerprint density at radius 1 is 1.05 bits per heavy atom. The predicted octanol–water partition coefficient (Wildman–Crippen LogP) is 6.40. The summed E-state index contributed by atoms with van der Waals surface area (Å²) in [6.45, 7) is 12.5. The summed E-state index contributed by atoms with van der Waals surface area (Å²) in [6, 6.07) is 0.673. The molecule has 0 heterocycles. The monoisotopic (exact) mass is 410 g/mol. The summed E-state index contributed by atoms with van der Waals surface area (Å²) in [5, 5.41) is -0.173. The van der Waals surface area contributed by atoms with Crippen LogP contribution in [0.25, 0.3) is 0 Å². The summed E-state index contributed by atoms with van der Waals surface area (Å²) in [7, 11) is -2.85. The van der Waals surface area contributed by atoms with Gasteiger partial charge in [-0.15, -0.1) is 0 Å². The van der Waals surface area contributed by atoms with Gasteiger partial charge in [0.15, 0.2) is 0 Å². The van der Waals surface area contributed by atoms with Gasteiger partial charge in [0.25, 0.3) is 0 Å². The van der Waals surface area contributed by atoms with Crippen LogP contribution in [-0.2, 0) is 0 Å². The Bertz CT molecular complexity index is 320. The van der Waals surface area contributed by atoms with Crippen LogP contribution in [0.3, 0.4) is 0 Å². The molecule has 0 saturated carbocycles. The third-order valence-corrected chi connectivity index (χ3v) is 49.4. The zero-order valence-corrected chi connectivity index (χ0v) is 20.1. The summed E-state index contributed by atoms with van der Waals surface area (Å²) in [4.78, 5) is 0. The molecule has 0 aliphatic rings. The molecule has 0 bridgehead atoms. The Morgan fingerprint density at radius 3 is 1.53 bits per heavy atom. The van der Waals surface area contributed by atoms with Gasteiger partial charge in [0.05, 0.1) is 0 Å². The molecule has 0 aromatic rings. The standard InChI is InChI=1S/C15H35FGe2Si/c1-13(2)12-19(16,15(3,4)5)14(17(6,7)8)18(9,10)11/h14H,1,12H2,2-11H3. The molecule has 1 unspecified atom stereocenters. The first kappa shape index (κ1) is 20.0. The molecule has 0 amide bonds. The van der Waals surface area contributed by atoms with Gasteiger partial charge in [0.2, 0.25) is 0 Å². The van der Waals surface area contributed by atoms with E-state index < -0.39 is 34.9 Å². The van der Waals surface area contributed by atoms with Crippen LogP contribution >= 0.6 is 0 Å². The van der Waals surface area contributed by atoms with Crippen molar-refractivity contribution in [1.82, 2.24) is 0 Å². The Balaban J connectivity index is 6.00. The average Bonchev–Trinajstić information content (AvgIpc) is 1.91. The van der Waals surface area contributed by atoms with Gasteiger partial charge in [-0.2, -0.15) is 0 Å². The SMILES string of the molecule is C=C(C)C[Si](F)([CH]([Ge]([CH3])([CH3])[CH3])[Ge]([CH3])([CH3])[CH3])C(C)(C)C. The Labute approximate surface area is 127 Å². The van der Waals surface area contributed by atoms with E-state index in [-0.39, 0.29) is 5.04 Å². The van der Waals surface area contributed by atoms with E-state index in [9.17, 15) is 0 Å². The van der Waals surface area contributed by atoms with Crippen LogP contribution in [0.5, 0.6) is 0 Å². The van der Waals surface area contributed by atoms with E-state index in [1.807, 2.05) is 6.92 Å². The fourth-order valence-electron chi connectivity index (χ4n) is 3.91. The molecular weight excluding hydrogens is 372 g/mol. The van der Waals surface area contributed by atoms with E-state index in [1.165, 1.54) is 0 Å². The summed E-state index contributed by atoms with van der Waals surface area (Å²) < 4.78 is 16.9. The molecule has 0 nitrogen and oxygen atoms in total. The van der Waals surface area contributed by atoms with Gasteiger partial charge in [0, 0.05) is 0 Å². The van der Waals surface area contributed by atoms with E-state index in [0.717, 1.165) is 5.57 Å². The van der Waals surface area contributed by atoms with Crippen molar-refractivity contribution in [2.45, 2.75) is 76.5 Å². The first-order valence-corrected chi connectivity index (χ1v) is 24.5. The van der Waals surface area contributed by atoms with Crippen LogP contribution in [0, 0.1) is 0 Å². The molecule has 0 saturated heterocycles. The maximum absolute atomic E-state index is 16.4. The van der Waals surface area contributed by atoms with Crippen molar-refractivity contribution < 1.29 is 4.11 Å². The molecule has 0 N–H and O–H groups in total. The summed E-state index contributed by atoms with van der Waals surface area (Å²) >= 11 is -4.10. The van der Waals surface area contributed by atoms with E-state index >= 15 is 4.11 Å². The van der Waals surface area contributed by atoms with Crippen LogP contribution in [0.4, 0.5) is 4.11 Å². The molecule has 0 aromatic carbocycles. The number of hydrogen-bond acceptors (Lipinski definition) is 0. The van der Waals surface area contributed by atoms with Gasteiger partial charge >= 0.3 is 128 Å². The van der Waals surface area contributed by atoms with Crippen molar-refractivity contribution >= 4 is 34.9 Å². The third-order valence-electron chi connectivity index (χ3n) is 4.00. The minimum atomic E-state index is -2.85. The summed E-state index contributed by atoms with van der Waals surface area (Å²) in [6.07, 6.45) is 0. The zero-order valence-electron chi connectivity index (χ0n) is 14.9. The minimum absolute atomic E-state index is 0.173. The molecule has 0 rings (SSSR count). The summed E-state index contributed by atoms with van der Waals surface area (Å²) in [5.41, 5.74) is 1.05. The van der Waals surface area contributed by atoms with Gasteiger partial charge in [-0.3, -0.25) is 0 Å². The first-order chi connectivity index (χ1) is 8.03. The second-order valence-electron chi connectivity index (χ2n) is 9.41. The zero-order chi connectivity index (χ0) is 15.9. The number of halogens is 1. The van der Waals surface area contributed by atoms with Gasteiger partial charge in [-0.05, 0) is 0 Å². The van der Waals surface area contributed by atoms with Crippen molar-refractivity contribution in [3.8, 4) is 0 Å². The molecule has 1 atom stereocenters. The number of rotatable bonds is 5. The van der Waals surface area contributed by atoms with Gasteiger partial charge in [0.1, 0.15) is 0 Å². The summed E-state index contributed by atoms with van der Waals surface area (Å²) in [5.74, 6) is 14.5. The Morgan fingerprint density at radius 2 is 1.37 bits per heavy atom. The van der Waals surface area contributed by atoms with Crippen LogP contribution < -0.4 is 0 Å². The normalized spacial score (nSPS) is 17.5. The first-order valence-electron chi connectivity index (χ1n) is 7.37. The van der Waals surface area contributed by atoms with Crippen molar-refractivity contribution in [3.63, 3.8) is 0 Å². The average molecular weight is 408 g/mol. The molecule has 114 valence electrons. The van der Waals surface area contributed by atoms with E-state index in [2.05, 4.69) is 61.9 Å². The molecule has 0 aromatic heterocycles. The van der Waals surface area contributed by atoms with Crippen molar-refractivity contribution in [2.24, 2.45) is 0 Å². The molecule has 0 fully saturated rings. The topological polar surface area (TPSA) is 0 Å². The second-order valence-corrected chi connectivity index (χ2v) is 40.8. The molecule has 4 heteroatoms. The van der Waals surface area contributed by atoms with Crippen molar-refractivity contribution in [2.75, 3.05) is 0 Å². The maximum atomic E-state index is 16.4. The Hall–Kier alpha value is 0.973. The van der Waals surface area contributed by atoms with Crippen LogP contribution in [0.2, 0.25) is 48.8 Å². The molecule has 0 aliphatic carbocycles. The van der Waals surface area contributed by atoms with Crippen LogP contribution in [0.15, 0.2) is 12.2 Å². The fourth-order valence-corrected chi connectivity index (χ4v) is 66.9. The van der Waals surface area contributed by atoms with Crippen LogP contribution in [-0.4, -0.2) is 34.9 Å². The van der Waals surface area contributed by atoms with Crippen molar-refractivity contribution in [3.05, 3.63) is 12.2 Å². The number of allylic oxidation sites excluding steroid dienone is 1. The molecule has 19 heavy (non-hydrogen) atoms. The van der Waals surface area contributed by atoms with E-state index in [0.29, 0.717) is 9.25 Å². The fraction of sp³-hybridized carbons (Fsp3) is 0.867. The van der Waals surface area contributed by atoms with Crippen LogP contribution in [0.1, 0.15) is 27.7 Å². The van der Waals surface area contributed by atoms with E-state index in [4.69, 9.17) is 0 Å². The quantitative estimate of drug-likeness (QED) is 0.281. The number of hydrogen-bond donors (Lipinski definition) is 0. The Kier molecular flexibility index (Phi) is 6.30. The molecule has 0 spiro atoms. The van der Waals surface area contributed by atoms with Gasteiger partial charge < -0.3 is 0 Å².